The molecule has 1 aromatic rings. The van der Waals surface area contributed by atoms with Crippen LogP contribution in [0, 0.1) is 0 Å². The van der Waals surface area contributed by atoms with E-state index in [2.05, 4.69) is 10.3 Å². The van der Waals surface area contributed by atoms with Gasteiger partial charge in [0.2, 0.25) is 5.01 Å². The van der Waals surface area contributed by atoms with Gasteiger partial charge in [-0.15, -0.1) is 11.3 Å². The zero-order valence-corrected chi connectivity index (χ0v) is 13.3. The highest BCUT2D eigenvalue weighted by Crippen LogP contribution is 2.11. The minimum atomic E-state index is -0.900. The average molecular weight is 318 g/mol. The largest absolute Gasteiger partial charge is 0.461 e. The van der Waals surface area contributed by atoms with Crippen LogP contribution in [0.3, 0.4) is 0 Å². The quantitative estimate of drug-likeness (QED) is 0.764. The monoisotopic (exact) mass is 318 g/mol. The minimum Gasteiger partial charge on any atom is -0.461 e. The van der Waals surface area contributed by atoms with E-state index in [-0.39, 0.29) is 28.5 Å². The fourth-order valence-corrected chi connectivity index (χ4v) is 2.45. The summed E-state index contributed by atoms with van der Waals surface area (Å²) in [5.74, 6) is -0.863. The summed E-state index contributed by atoms with van der Waals surface area (Å²) in [7, 11) is -0.900. The molecule has 0 aliphatic heterocycles. The third-order valence-electron chi connectivity index (χ3n) is 2.59. The van der Waals surface area contributed by atoms with Crippen molar-refractivity contribution in [2.45, 2.75) is 25.5 Å². The van der Waals surface area contributed by atoms with Crippen molar-refractivity contribution >= 4 is 34.0 Å². The molecule has 6 nitrogen and oxygen atoms in total. The Kier molecular flexibility index (Phi) is 6.80. The van der Waals surface area contributed by atoms with Crippen LogP contribution in [0.1, 0.15) is 40.6 Å². The Morgan fingerprint density at radius 2 is 2.25 bits per heavy atom. The molecule has 1 amide bonds. The van der Waals surface area contributed by atoms with Crippen LogP contribution in [0.4, 0.5) is 0 Å². The SMILES string of the molecule is CCOC(=O)c1nc(C(=O)NCCC(C)S(C)=O)cs1. The smallest absolute Gasteiger partial charge is 0.367 e. The van der Waals surface area contributed by atoms with E-state index in [1.165, 1.54) is 5.38 Å². The van der Waals surface area contributed by atoms with Gasteiger partial charge in [0, 0.05) is 34.2 Å². The molecule has 0 spiro atoms. The van der Waals surface area contributed by atoms with E-state index in [1.807, 2.05) is 6.92 Å². The van der Waals surface area contributed by atoms with Crippen molar-refractivity contribution in [2.24, 2.45) is 0 Å². The summed E-state index contributed by atoms with van der Waals surface area (Å²) in [4.78, 5) is 27.1. The maximum Gasteiger partial charge on any atom is 0.367 e. The average Bonchev–Trinajstić information content (AvgIpc) is 2.88. The molecule has 0 saturated carbocycles. The van der Waals surface area contributed by atoms with Crippen molar-refractivity contribution < 1.29 is 18.5 Å². The second-order valence-electron chi connectivity index (χ2n) is 4.11. The Labute approximate surface area is 124 Å². The van der Waals surface area contributed by atoms with E-state index >= 15 is 0 Å². The summed E-state index contributed by atoms with van der Waals surface area (Å²) >= 11 is 1.08. The van der Waals surface area contributed by atoms with Gasteiger partial charge in [-0.05, 0) is 13.3 Å². The lowest BCUT2D eigenvalue weighted by molar-refractivity contribution is 0.0526. The van der Waals surface area contributed by atoms with Gasteiger partial charge >= 0.3 is 5.97 Å². The molecule has 1 heterocycles. The number of thiazole rings is 1. The van der Waals surface area contributed by atoms with E-state index in [1.54, 1.807) is 13.2 Å². The van der Waals surface area contributed by atoms with Gasteiger partial charge in [0.25, 0.3) is 5.91 Å². The number of ether oxygens (including phenoxy) is 1. The predicted molar refractivity (Wildman–Crippen MR) is 78.5 cm³/mol. The number of carbonyl (C=O) groups excluding carboxylic acids is 2. The number of amides is 1. The Bertz CT molecular complexity index is 501. The fourth-order valence-electron chi connectivity index (χ4n) is 1.31. The number of rotatable bonds is 7. The zero-order chi connectivity index (χ0) is 15.1. The van der Waals surface area contributed by atoms with Crippen LogP contribution in [0.2, 0.25) is 0 Å². The van der Waals surface area contributed by atoms with Gasteiger partial charge in [0.1, 0.15) is 5.69 Å². The molecule has 2 unspecified atom stereocenters. The first-order valence-corrected chi connectivity index (χ1v) is 8.68. The van der Waals surface area contributed by atoms with Crippen molar-refractivity contribution in [3.05, 3.63) is 16.1 Å². The van der Waals surface area contributed by atoms with Crippen molar-refractivity contribution in [1.82, 2.24) is 10.3 Å². The summed E-state index contributed by atoms with van der Waals surface area (Å²) in [5.41, 5.74) is 0.198. The summed E-state index contributed by atoms with van der Waals surface area (Å²) in [6, 6.07) is 0. The van der Waals surface area contributed by atoms with Crippen molar-refractivity contribution in [2.75, 3.05) is 19.4 Å². The summed E-state index contributed by atoms with van der Waals surface area (Å²) in [5, 5.41) is 4.40. The summed E-state index contributed by atoms with van der Waals surface area (Å²) < 4.78 is 16.0. The standard InChI is InChI=1S/C12H18N2O4S2/c1-4-18-12(16)11-14-9(7-19-11)10(15)13-6-5-8(2)20(3)17/h7-8H,4-6H2,1-3H3,(H,13,15). The molecule has 20 heavy (non-hydrogen) atoms. The number of esters is 1. The fraction of sp³-hybridized carbons (Fsp3) is 0.583. The normalized spacial score (nSPS) is 13.6. The van der Waals surface area contributed by atoms with E-state index in [9.17, 15) is 13.8 Å². The Hall–Kier alpha value is -1.28. The van der Waals surface area contributed by atoms with Gasteiger partial charge in [-0.25, -0.2) is 9.78 Å². The van der Waals surface area contributed by atoms with Crippen LogP contribution in [0.25, 0.3) is 0 Å². The second-order valence-corrected chi connectivity index (χ2v) is 6.77. The molecule has 1 N–H and O–H groups in total. The molecule has 0 aromatic carbocycles. The van der Waals surface area contributed by atoms with Crippen LogP contribution >= 0.6 is 11.3 Å². The molecule has 1 aromatic heterocycles. The zero-order valence-electron chi connectivity index (χ0n) is 11.7. The first-order chi connectivity index (χ1) is 9.45. The maximum atomic E-state index is 11.8. The highest BCUT2D eigenvalue weighted by Gasteiger charge is 2.16. The molecule has 112 valence electrons. The van der Waals surface area contributed by atoms with Gasteiger partial charge in [0.15, 0.2) is 0 Å². The molecule has 0 saturated heterocycles. The molecule has 0 bridgehead atoms. The van der Waals surface area contributed by atoms with Crippen LogP contribution in [0.15, 0.2) is 5.38 Å². The molecule has 1 rings (SSSR count). The topological polar surface area (TPSA) is 85.4 Å². The Balaban J connectivity index is 2.48. The number of hydrogen-bond donors (Lipinski definition) is 1. The molecule has 2 atom stereocenters. The molecule has 0 fully saturated rings. The van der Waals surface area contributed by atoms with E-state index < -0.39 is 16.8 Å². The third-order valence-corrected chi connectivity index (χ3v) is 4.78. The third kappa shape index (κ3) is 5.01. The molecule has 0 radical (unpaired) electrons. The number of nitrogens with one attached hydrogen (secondary N) is 1. The molecular formula is C12H18N2O4S2. The lowest BCUT2D eigenvalue weighted by Gasteiger charge is -2.08. The van der Waals surface area contributed by atoms with Gasteiger partial charge < -0.3 is 10.1 Å². The van der Waals surface area contributed by atoms with Crippen LogP contribution < -0.4 is 5.32 Å². The van der Waals surface area contributed by atoms with Gasteiger partial charge in [0.05, 0.1) is 6.61 Å². The summed E-state index contributed by atoms with van der Waals surface area (Å²) in [6.07, 6.45) is 2.27. The second kappa shape index (κ2) is 8.11. The van der Waals surface area contributed by atoms with Crippen LogP contribution in [-0.4, -0.2) is 45.7 Å². The highest BCUT2D eigenvalue weighted by molar-refractivity contribution is 7.84. The first kappa shape index (κ1) is 16.8. The molecule has 0 aliphatic rings. The molecule has 8 heteroatoms. The van der Waals surface area contributed by atoms with E-state index in [0.29, 0.717) is 13.0 Å². The lowest BCUT2D eigenvalue weighted by Crippen LogP contribution is -2.27. The van der Waals surface area contributed by atoms with E-state index in [0.717, 1.165) is 11.3 Å². The van der Waals surface area contributed by atoms with Crippen LogP contribution in [0.5, 0.6) is 0 Å². The van der Waals surface area contributed by atoms with E-state index in [4.69, 9.17) is 4.74 Å². The number of nitrogens with zero attached hydrogens (tertiary/aromatic N) is 1. The highest BCUT2D eigenvalue weighted by atomic mass is 32.2. The summed E-state index contributed by atoms with van der Waals surface area (Å²) in [6.45, 7) is 4.26. The number of carbonyl (C=O) groups is 2. The van der Waals surface area contributed by atoms with Crippen molar-refractivity contribution in [3.63, 3.8) is 0 Å². The van der Waals surface area contributed by atoms with Gasteiger partial charge in [-0.1, -0.05) is 6.92 Å². The number of hydrogen-bond acceptors (Lipinski definition) is 6. The first-order valence-electron chi connectivity index (χ1n) is 6.18. The Morgan fingerprint density at radius 3 is 2.85 bits per heavy atom. The minimum absolute atomic E-state index is 0.0285. The molecular weight excluding hydrogens is 300 g/mol. The molecule has 0 aliphatic carbocycles. The van der Waals surface area contributed by atoms with Gasteiger partial charge in [-0.3, -0.25) is 9.00 Å². The maximum absolute atomic E-state index is 11.8. The van der Waals surface area contributed by atoms with Crippen molar-refractivity contribution in [1.29, 1.82) is 0 Å². The lowest BCUT2D eigenvalue weighted by atomic mass is 10.3. The van der Waals surface area contributed by atoms with Crippen LogP contribution in [-0.2, 0) is 15.5 Å². The predicted octanol–water partition coefficient (Wildman–Crippen LogP) is 1.21. The van der Waals surface area contributed by atoms with Gasteiger partial charge in [-0.2, -0.15) is 0 Å². The van der Waals surface area contributed by atoms with Crippen molar-refractivity contribution in [3.8, 4) is 0 Å². The Morgan fingerprint density at radius 1 is 1.55 bits per heavy atom. The number of aromatic nitrogens is 1.